The van der Waals surface area contributed by atoms with Gasteiger partial charge in [-0.3, -0.25) is 19.7 Å². The maximum Gasteiger partial charge on any atom is 0.305 e. The van der Waals surface area contributed by atoms with Gasteiger partial charge in [0.1, 0.15) is 5.56 Å². The molecule has 0 aliphatic rings. The van der Waals surface area contributed by atoms with Gasteiger partial charge in [0.05, 0.1) is 11.3 Å². The molecule has 1 N–H and O–H groups in total. The SMILES string of the molecule is CSc1ccc([N+](=O)[O-])c(C(=O)N(C)CCC(=O)O)c1. The van der Waals surface area contributed by atoms with Crippen molar-refractivity contribution in [1.29, 1.82) is 0 Å². The molecule has 20 heavy (non-hydrogen) atoms. The molecule has 1 rings (SSSR count). The number of carbonyl (C=O) groups excluding carboxylic acids is 1. The summed E-state index contributed by atoms with van der Waals surface area (Å²) in [6.45, 7) is -0.00514. The van der Waals surface area contributed by atoms with E-state index in [9.17, 15) is 19.7 Å². The van der Waals surface area contributed by atoms with E-state index in [1.54, 1.807) is 12.3 Å². The number of nitrogens with zero attached hydrogens (tertiary/aromatic N) is 2. The number of hydrogen-bond donors (Lipinski definition) is 1. The zero-order chi connectivity index (χ0) is 15.3. The zero-order valence-electron chi connectivity index (χ0n) is 11.0. The van der Waals surface area contributed by atoms with E-state index in [4.69, 9.17) is 5.11 Å². The van der Waals surface area contributed by atoms with E-state index in [0.717, 1.165) is 4.90 Å². The highest BCUT2D eigenvalue weighted by atomic mass is 32.2. The third-order valence-electron chi connectivity index (χ3n) is 2.64. The summed E-state index contributed by atoms with van der Waals surface area (Å²) in [7, 11) is 1.42. The first-order chi connectivity index (χ1) is 9.36. The summed E-state index contributed by atoms with van der Waals surface area (Å²) in [6, 6.07) is 4.29. The van der Waals surface area contributed by atoms with Crippen LogP contribution in [0.1, 0.15) is 16.8 Å². The third kappa shape index (κ3) is 3.95. The molecule has 7 nitrogen and oxygen atoms in total. The summed E-state index contributed by atoms with van der Waals surface area (Å²) < 4.78 is 0. The minimum Gasteiger partial charge on any atom is -0.481 e. The monoisotopic (exact) mass is 298 g/mol. The van der Waals surface area contributed by atoms with Gasteiger partial charge in [-0.25, -0.2) is 0 Å². The second-order valence-corrected chi connectivity index (χ2v) is 4.89. The van der Waals surface area contributed by atoms with Crippen LogP contribution in [-0.4, -0.2) is 46.7 Å². The quantitative estimate of drug-likeness (QED) is 0.489. The van der Waals surface area contributed by atoms with Gasteiger partial charge in [0.25, 0.3) is 11.6 Å². The van der Waals surface area contributed by atoms with Gasteiger partial charge in [-0.2, -0.15) is 0 Å². The molecule has 0 heterocycles. The molecule has 0 aliphatic heterocycles. The molecular weight excluding hydrogens is 284 g/mol. The molecule has 0 fully saturated rings. The second-order valence-electron chi connectivity index (χ2n) is 4.01. The largest absolute Gasteiger partial charge is 0.481 e. The molecule has 0 aliphatic carbocycles. The van der Waals surface area contributed by atoms with Crippen LogP contribution in [0.2, 0.25) is 0 Å². The maximum absolute atomic E-state index is 12.2. The number of carboxylic acids is 1. The molecule has 8 heteroatoms. The lowest BCUT2D eigenvalue weighted by atomic mass is 10.1. The first-order valence-electron chi connectivity index (χ1n) is 5.66. The molecule has 0 saturated carbocycles. The summed E-state index contributed by atoms with van der Waals surface area (Å²) in [5.74, 6) is -1.59. The molecule has 108 valence electrons. The lowest BCUT2D eigenvalue weighted by molar-refractivity contribution is -0.385. The summed E-state index contributed by atoms with van der Waals surface area (Å²) in [5.41, 5.74) is -0.315. The summed E-state index contributed by atoms with van der Waals surface area (Å²) in [6.07, 6.45) is 1.59. The van der Waals surface area contributed by atoms with E-state index in [1.165, 1.54) is 35.8 Å². The number of thioether (sulfide) groups is 1. The van der Waals surface area contributed by atoms with E-state index >= 15 is 0 Å². The minimum absolute atomic E-state index is 0.00514. The zero-order valence-corrected chi connectivity index (χ0v) is 11.8. The molecule has 0 unspecified atom stereocenters. The lowest BCUT2D eigenvalue weighted by Crippen LogP contribution is -2.29. The van der Waals surface area contributed by atoms with E-state index in [0.29, 0.717) is 0 Å². The number of rotatable bonds is 6. The number of carboxylic acid groups (broad SMARTS) is 1. The van der Waals surface area contributed by atoms with Gasteiger partial charge < -0.3 is 10.0 Å². The van der Waals surface area contributed by atoms with Crippen molar-refractivity contribution in [2.75, 3.05) is 19.8 Å². The van der Waals surface area contributed by atoms with E-state index < -0.39 is 16.8 Å². The predicted molar refractivity (Wildman–Crippen MR) is 74.1 cm³/mol. The van der Waals surface area contributed by atoms with E-state index in [1.807, 2.05) is 0 Å². The number of nitro groups is 1. The van der Waals surface area contributed by atoms with Crippen molar-refractivity contribution in [2.45, 2.75) is 11.3 Å². The topological polar surface area (TPSA) is 101 Å². The highest BCUT2D eigenvalue weighted by Gasteiger charge is 2.23. The Morgan fingerprint density at radius 2 is 2.10 bits per heavy atom. The van der Waals surface area contributed by atoms with Crippen molar-refractivity contribution in [3.8, 4) is 0 Å². The Kier molecular flexibility index (Phi) is 5.51. The van der Waals surface area contributed by atoms with Gasteiger partial charge in [0.2, 0.25) is 0 Å². The van der Waals surface area contributed by atoms with Crippen molar-refractivity contribution in [1.82, 2.24) is 4.90 Å². The van der Waals surface area contributed by atoms with Gasteiger partial charge in [-0.05, 0) is 18.4 Å². The maximum atomic E-state index is 12.2. The first-order valence-corrected chi connectivity index (χ1v) is 6.89. The Hall–Kier alpha value is -2.09. The van der Waals surface area contributed by atoms with Crippen molar-refractivity contribution < 1.29 is 19.6 Å². The van der Waals surface area contributed by atoms with Gasteiger partial charge in [-0.1, -0.05) is 0 Å². The van der Waals surface area contributed by atoms with Gasteiger partial charge >= 0.3 is 5.97 Å². The Balaban J connectivity index is 3.06. The van der Waals surface area contributed by atoms with Crippen molar-refractivity contribution in [2.24, 2.45) is 0 Å². The predicted octanol–water partition coefficient (Wildman–Crippen LogP) is 1.86. The number of carbonyl (C=O) groups is 2. The third-order valence-corrected chi connectivity index (χ3v) is 3.36. The normalized spacial score (nSPS) is 10.1. The summed E-state index contributed by atoms with van der Waals surface area (Å²) in [5, 5.41) is 19.5. The molecule has 1 amide bonds. The van der Waals surface area contributed by atoms with Crippen LogP contribution in [0.5, 0.6) is 0 Å². The van der Waals surface area contributed by atoms with Crippen molar-refractivity contribution in [3.05, 3.63) is 33.9 Å². The van der Waals surface area contributed by atoms with Crippen LogP contribution >= 0.6 is 11.8 Å². The number of hydrogen-bond acceptors (Lipinski definition) is 5. The fourth-order valence-corrected chi connectivity index (χ4v) is 1.98. The molecule has 0 radical (unpaired) electrons. The number of aliphatic carboxylic acids is 1. The Labute approximate surface area is 119 Å². The molecule has 0 bridgehead atoms. The van der Waals surface area contributed by atoms with Crippen LogP contribution in [0.25, 0.3) is 0 Å². The van der Waals surface area contributed by atoms with Crippen molar-refractivity contribution >= 4 is 29.3 Å². The molecule has 0 atom stereocenters. The van der Waals surface area contributed by atoms with E-state index in [2.05, 4.69) is 0 Å². The van der Waals surface area contributed by atoms with Crippen LogP contribution in [0, 0.1) is 10.1 Å². The lowest BCUT2D eigenvalue weighted by Gasteiger charge is -2.16. The number of amides is 1. The fourth-order valence-electron chi connectivity index (χ4n) is 1.54. The Bertz CT molecular complexity index is 547. The molecule has 0 spiro atoms. The Morgan fingerprint density at radius 3 is 2.60 bits per heavy atom. The van der Waals surface area contributed by atoms with Gasteiger partial charge in [0, 0.05) is 24.6 Å². The van der Waals surface area contributed by atoms with Crippen LogP contribution in [-0.2, 0) is 4.79 Å². The van der Waals surface area contributed by atoms with Crippen LogP contribution in [0.15, 0.2) is 23.1 Å². The molecule has 1 aromatic carbocycles. The average Bonchev–Trinajstić information content (AvgIpc) is 2.42. The van der Waals surface area contributed by atoms with Crippen molar-refractivity contribution in [3.63, 3.8) is 0 Å². The fraction of sp³-hybridized carbons (Fsp3) is 0.333. The van der Waals surface area contributed by atoms with Gasteiger partial charge in [-0.15, -0.1) is 11.8 Å². The molecule has 0 saturated heterocycles. The standard InChI is InChI=1S/C12H14N2O5S/c1-13(6-5-11(15)16)12(17)9-7-8(20-2)3-4-10(9)14(18)19/h3-4,7H,5-6H2,1-2H3,(H,15,16). The van der Waals surface area contributed by atoms with Crippen LogP contribution in [0.4, 0.5) is 5.69 Å². The summed E-state index contributed by atoms with van der Waals surface area (Å²) in [4.78, 5) is 34.9. The average molecular weight is 298 g/mol. The highest BCUT2D eigenvalue weighted by Crippen LogP contribution is 2.25. The molecular formula is C12H14N2O5S. The number of benzene rings is 1. The van der Waals surface area contributed by atoms with Crippen LogP contribution < -0.4 is 0 Å². The summed E-state index contributed by atoms with van der Waals surface area (Å²) >= 11 is 1.36. The number of nitro benzene ring substituents is 1. The smallest absolute Gasteiger partial charge is 0.305 e. The van der Waals surface area contributed by atoms with E-state index in [-0.39, 0.29) is 24.2 Å². The minimum atomic E-state index is -1.03. The highest BCUT2D eigenvalue weighted by molar-refractivity contribution is 7.98. The molecule has 0 aromatic heterocycles. The van der Waals surface area contributed by atoms with Gasteiger partial charge in [0.15, 0.2) is 0 Å². The first kappa shape index (κ1) is 16.0. The van der Waals surface area contributed by atoms with Crippen LogP contribution in [0.3, 0.4) is 0 Å². The second kappa shape index (κ2) is 6.90. The molecule has 1 aromatic rings. The Morgan fingerprint density at radius 1 is 1.45 bits per heavy atom.